The SMILES string of the molecule is CCNC1CCN(C(C)CCS(C)=O)C(C)C1C. The predicted octanol–water partition coefficient (Wildman–Crippen LogP) is 1.85. The molecule has 3 nitrogen and oxygen atoms in total. The molecular weight excluding hydrogens is 244 g/mol. The first-order valence-electron chi connectivity index (χ1n) is 7.26. The highest BCUT2D eigenvalue weighted by Gasteiger charge is 2.33. The first-order chi connectivity index (χ1) is 8.47. The zero-order valence-corrected chi connectivity index (χ0v) is 13.4. The van der Waals surface area contributed by atoms with E-state index in [4.69, 9.17) is 0 Å². The van der Waals surface area contributed by atoms with Crippen molar-refractivity contribution in [2.45, 2.75) is 58.7 Å². The van der Waals surface area contributed by atoms with Crippen molar-refractivity contribution in [2.75, 3.05) is 25.1 Å². The number of rotatable bonds is 6. The molecule has 1 saturated heterocycles. The van der Waals surface area contributed by atoms with E-state index >= 15 is 0 Å². The third-order valence-electron chi connectivity index (χ3n) is 4.47. The van der Waals surface area contributed by atoms with Crippen molar-refractivity contribution in [1.82, 2.24) is 10.2 Å². The van der Waals surface area contributed by atoms with E-state index in [1.807, 2.05) is 0 Å². The van der Waals surface area contributed by atoms with Crippen LogP contribution in [-0.4, -0.2) is 52.3 Å². The van der Waals surface area contributed by atoms with E-state index < -0.39 is 10.8 Å². The number of nitrogens with zero attached hydrogens (tertiary/aromatic N) is 1. The lowest BCUT2D eigenvalue weighted by atomic mass is 9.86. The zero-order chi connectivity index (χ0) is 13.7. The highest BCUT2D eigenvalue weighted by Crippen LogP contribution is 2.26. The van der Waals surface area contributed by atoms with Crippen LogP contribution >= 0.6 is 0 Å². The second-order valence-electron chi connectivity index (χ2n) is 5.71. The minimum Gasteiger partial charge on any atom is -0.314 e. The Balaban J connectivity index is 2.51. The Labute approximate surface area is 115 Å². The molecule has 1 N–H and O–H groups in total. The summed E-state index contributed by atoms with van der Waals surface area (Å²) in [4.78, 5) is 2.60. The third-order valence-corrected chi connectivity index (χ3v) is 5.28. The molecule has 1 fully saturated rings. The molecule has 5 unspecified atom stereocenters. The van der Waals surface area contributed by atoms with Gasteiger partial charge in [0, 0.05) is 47.5 Å². The van der Waals surface area contributed by atoms with Crippen LogP contribution in [0.1, 0.15) is 40.5 Å². The van der Waals surface area contributed by atoms with Crippen LogP contribution in [0.2, 0.25) is 0 Å². The maximum atomic E-state index is 11.2. The van der Waals surface area contributed by atoms with Gasteiger partial charge < -0.3 is 5.32 Å². The molecule has 4 heteroatoms. The van der Waals surface area contributed by atoms with Crippen molar-refractivity contribution in [3.8, 4) is 0 Å². The molecule has 0 aromatic rings. The van der Waals surface area contributed by atoms with Gasteiger partial charge in [0.15, 0.2) is 0 Å². The fourth-order valence-corrected chi connectivity index (χ4v) is 3.74. The number of hydrogen-bond donors (Lipinski definition) is 1. The average Bonchev–Trinajstić information content (AvgIpc) is 2.32. The monoisotopic (exact) mass is 274 g/mol. The molecule has 0 spiro atoms. The Bertz CT molecular complexity index is 273. The summed E-state index contributed by atoms with van der Waals surface area (Å²) >= 11 is 0. The molecule has 0 radical (unpaired) electrons. The lowest BCUT2D eigenvalue weighted by Crippen LogP contribution is -2.55. The molecule has 0 aromatic carbocycles. The second-order valence-corrected chi connectivity index (χ2v) is 7.26. The summed E-state index contributed by atoms with van der Waals surface area (Å²) < 4.78 is 11.2. The molecule has 0 saturated carbocycles. The van der Waals surface area contributed by atoms with Gasteiger partial charge in [-0.05, 0) is 39.2 Å². The van der Waals surface area contributed by atoms with Crippen molar-refractivity contribution in [2.24, 2.45) is 5.92 Å². The van der Waals surface area contributed by atoms with E-state index in [0.29, 0.717) is 24.0 Å². The average molecular weight is 274 g/mol. The van der Waals surface area contributed by atoms with Crippen LogP contribution < -0.4 is 5.32 Å². The molecular formula is C14H30N2OS. The Morgan fingerprint density at radius 3 is 2.67 bits per heavy atom. The van der Waals surface area contributed by atoms with E-state index in [2.05, 4.69) is 37.9 Å². The molecule has 0 aliphatic carbocycles. The van der Waals surface area contributed by atoms with Crippen LogP contribution in [0.3, 0.4) is 0 Å². The van der Waals surface area contributed by atoms with Crippen LogP contribution in [0.4, 0.5) is 0 Å². The number of nitrogens with one attached hydrogen (secondary N) is 1. The van der Waals surface area contributed by atoms with Gasteiger partial charge in [-0.15, -0.1) is 0 Å². The van der Waals surface area contributed by atoms with Crippen molar-refractivity contribution in [3.05, 3.63) is 0 Å². The van der Waals surface area contributed by atoms with Crippen LogP contribution in [-0.2, 0) is 10.8 Å². The summed E-state index contributed by atoms with van der Waals surface area (Å²) in [6.07, 6.45) is 4.08. The highest BCUT2D eigenvalue weighted by molar-refractivity contribution is 7.84. The van der Waals surface area contributed by atoms with Gasteiger partial charge in [0.1, 0.15) is 0 Å². The molecule has 108 valence electrons. The first-order valence-corrected chi connectivity index (χ1v) is 8.99. The molecule has 0 amide bonds. The number of likely N-dealkylation sites (tertiary alicyclic amines) is 1. The minimum atomic E-state index is -0.660. The molecule has 0 aromatic heterocycles. The summed E-state index contributed by atoms with van der Waals surface area (Å²) in [5, 5.41) is 3.60. The quantitative estimate of drug-likeness (QED) is 0.802. The molecule has 0 bridgehead atoms. The largest absolute Gasteiger partial charge is 0.314 e. The van der Waals surface area contributed by atoms with Crippen LogP contribution in [0.15, 0.2) is 0 Å². The Kier molecular flexibility index (Phi) is 6.82. The summed E-state index contributed by atoms with van der Waals surface area (Å²) in [5.41, 5.74) is 0. The van der Waals surface area contributed by atoms with Gasteiger partial charge in [-0.2, -0.15) is 0 Å². The van der Waals surface area contributed by atoms with Gasteiger partial charge >= 0.3 is 0 Å². The lowest BCUT2D eigenvalue weighted by Gasteiger charge is -2.46. The van der Waals surface area contributed by atoms with Gasteiger partial charge in [-0.1, -0.05) is 13.8 Å². The maximum Gasteiger partial charge on any atom is 0.0246 e. The van der Waals surface area contributed by atoms with Crippen molar-refractivity contribution < 1.29 is 4.21 Å². The van der Waals surface area contributed by atoms with Crippen molar-refractivity contribution in [1.29, 1.82) is 0 Å². The normalized spacial score (nSPS) is 33.3. The fourth-order valence-electron chi connectivity index (χ4n) is 3.07. The van der Waals surface area contributed by atoms with Crippen LogP contribution in [0.25, 0.3) is 0 Å². The van der Waals surface area contributed by atoms with E-state index in [1.165, 1.54) is 13.0 Å². The van der Waals surface area contributed by atoms with Crippen LogP contribution in [0, 0.1) is 5.92 Å². The number of piperidine rings is 1. The molecule has 5 atom stereocenters. The Morgan fingerprint density at radius 1 is 1.44 bits per heavy atom. The van der Waals surface area contributed by atoms with Crippen molar-refractivity contribution in [3.63, 3.8) is 0 Å². The van der Waals surface area contributed by atoms with Gasteiger partial charge in [0.05, 0.1) is 0 Å². The Morgan fingerprint density at radius 2 is 2.11 bits per heavy atom. The third kappa shape index (κ3) is 4.32. The first kappa shape index (κ1) is 16.1. The predicted molar refractivity (Wildman–Crippen MR) is 80.4 cm³/mol. The lowest BCUT2D eigenvalue weighted by molar-refractivity contribution is 0.0523. The fraction of sp³-hybridized carbons (Fsp3) is 1.00. The minimum absolute atomic E-state index is 0.550. The second kappa shape index (κ2) is 7.61. The number of hydrogen-bond acceptors (Lipinski definition) is 3. The van der Waals surface area contributed by atoms with E-state index in [0.717, 1.165) is 18.7 Å². The van der Waals surface area contributed by atoms with Gasteiger partial charge in [-0.25, -0.2) is 0 Å². The van der Waals surface area contributed by atoms with Gasteiger partial charge in [0.2, 0.25) is 0 Å². The zero-order valence-electron chi connectivity index (χ0n) is 12.6. The van der Waals surface area contributed by atoms with Crippen LogP contribution in [0.5, 0.6) is 0 Å². The standard InChI is InChI=1S/C14H30N2OS/c1-6-15-14-7-9-16(13(4)12(14)3)11(2)8-10-18(5)17/h11-15H,6-10H2,1-5H3. The Hall–Kier alpha value is 0.0700. The maximum absolute atomic E-state index is 11.2. The van der Waals surface area contributed by atoms with Gasteiger partial charge in [0.25, 0.3) is 0 Å². The highest BCUT2D eigenvalue weighted by atomic mass is 32.2. The molecule has 1 aliphatic rings. The molecule has 1 heterocycles. The molecule has 1 rings (SSSR count). The smallest absolute Gasteiger partial charge is 0.0246 e. The summed E-state index contributed by atoms with van der Waals surface area (Å²) in [7, 11) is -0.660. The summed E-state index contributed by atoms with van der Waals surface area (Å²) in [5.74, 6) is 1.52. The van der Waals surface area contributed by atoms with Gasteiger partial charge in [-0.3, -0.25) is 9.11 Å². The molecule has 1 aliphatic heterocycles. The summed E-state index contributed by atoms with van der Waals surface area (Å²) in [6.45, 7) is 11.4. The van der Waals surface area contributed by atoms with Crippen molar-refractivity contribution >= 4 is 10.8 Å². The topological polar surface area (TPSA) is 32.3 Å². The van der Waals surface area contributed by atoms with E-state index in [9.17, 15) is 4.21 Å². The van der Waals surface area contributed by atoms with E-state index in [-0.39, 0.29) is 0 Å². The summed E-state index contributed by atoms with van der Waals surface area (Å²) in [6, 6.07) is 1.82. The molecule has 18 heavy (non-hydrogen) atoms. The van der Waals surface area contributed by atoms with E-state index in [1.54, 1.807) is 6.26 Å².